The van der Waals surface area contributed by atoms with Crippen molar-refractivity contribution in [2.75, 3.05) is 6.54 Å². The molecule has 1 unspecified atom stereocenters. The zero-order valence-corrected chi connectivity index (χ0v) is 11.9. The summed E-state index contributed by atoms with van der Waals surface area (Å²) in [5, 5.41) is 0. The number of carbonyl (C=O) groups is 1. The summed E-state index contributed by atoms with van der Waals surface area (Å²) in [7, 11) is 0. The van der Waals surface area contributed by atoms with Crippen LogP contribution in [0.25, 0.3) is 0 Å². The van der Waals surface area contributed by atoms with E-state index in [0.29, 0.717) is 12.5 Å². The fourth-order valence-corrected chi connectivity index (χ4v) is 3.71. The minimum absolute atomic E-state index is 0.0630. The molecule has 0 amide bonds. The van der Waals surface area contributed by atoms with Gasteiger partial charge in [-0.2, -0.15) is 5.48 Å². The molecule has 1 aliphatic heterocycles. The van der Waals surface area contributed by atoms with E-state index in [1.54, 1.807) is 0 Å². The summed E-state index contributed by atoms with van der Waals surface area (Å²) in [6.07, 6.45) is 8.27. The summed E-state index contributed by atoms with van der Waals surface area (Å²) in [4.78, 5) is 17.4. The van der Waals surface area contributed by atoms with Crippen molar-refractivity contribution < 1.29 is 9.63 Å². The first-order valence-electron chi connectivity index (χ1n) is 7.77. The second-order valence-electron chi connectivity index (χ2n) is 6.36. The lowest BCUT2D eigenvalue weighted by molar-refractivity contribution is -0.150. The zero-order chi connectivity index (χ0) is 13.8. The maximum Gasteiger partial charge on any atom is 0.332 e. The van der Waals surface area contributed by atoms with Gasteiger partial charge >= 0.3 is 5.97 Å². The van der Waals surface area contributed by atoms with E-state index in [2.05, 4.69) is 17.6 Å². The lowest BCUT2D eigenvalue weighted by atomic mass is 9.71. The highest BCUT2D eigenvalue weighted by Crippen LogP contribution is 2.39. The quantitative estimate of drug-likeness (QED) is 0.915. The van der Waals surface area contributed by atoms with Crippen LogP contribution in [0, 0.1) is 11.3 Å². The third kappa shape index (κ3) is 2.88. The first-order valence-corrected chi connectivity index (χ1v) is 7.77. The van der Waals surface area contributed by atoms with Crippen LogP contribution in [0.2, 0.25) is 0 Å². The highest BCUT2D eigenvalue weighted by molar-refractivity contribution is 5.79. The van der Waals surface area contributed by atoms with Crippen molar-refractivity contribution in [1.29, 1.82) is 0 Å². The molecule has 0 bridgehead atoms. The van der Waals surface area contributed by atoms with Crippen LogP contribution in [0.4, 0.5) is 0 Å². The van der Waals surface area contributed by atoms with E-state index in [1.165, 1.54) is 37.7 Å². The molecule has 3 heteroatoms. The molecule has 0 radical (unpaired) electrons. The monoisotopic (exact) mass is 273 g/mol. The number of carbonyl (C=O) groups excluding carboxylic acids is 1. The van der Waals surface area contributed by atoms with Crippen molar-refractivity contribution in [3.8, 4) is 0 Å². The van der Waals surface area contributed by atoms with Gasteiger partial charge in [-0.1, -0.05) is 62.4 Å². The summed E-state index contributed by atoms with van der Waals surface area (Å²) in [5.41, 5.74) is 3.69. The predicted octanol–water partition coefficient (Wildman–Crippen LogP) is 3.25. The van der Waals surface area contributed by atoms with E-state index in [4.69, 9.17) is 4.84 Å². The van der Waals surface area contributed by atoms with Crippen LogP contribution in [-0.2, 0) is 16.1 Å². The summed E-state index contributed by atoms with van der Waals surface area (Å²) >= 11 is 0. The highest BCUT2D eigenvalue weighted by Gasteiger charge is 2.46. The summed E-state index contributed by atoms with van der Waals surface area (Å²) in [6, 6.07) is 10.3. The van der Waals surface area contributed by atoms with E-state index in [-0.39, 0.29) is 11.4 Å². The van der Waals surface area contributed by atoms with Gasteiger partial charge in [0.1, 0.15) is 0 Å². The lowest BCUT2D eigenvalue weighted by Gasteiger charge is -2.31. The third-order valence-corrected chi connectivity index (χ3v) is 4.80. The van der Waals surface area contributed by atoms with Crippen molar-refractivity contribution in [3.05, 3.63) is 35.9 Å². The van der Waals surface area contributed by atoms with Crippen molar-refractivity contribution in [1.82, 2.24) is 5.48 Å². The minimum atomic E-state index is -0.358. The SMILES string of the molecule is O=C1ONCC1(Cc1ccccc1)CC1CCCCC1. The van der Waals surface area contributed by atoms with E-state index < -0.39 is 0 Å². The second-order valence-corrected chi connectivity index (χ2v) is 6.36. The Hall–Kier alpha value is -1.35. The van der Waals surface area contributed by atoms with Gasteiger partial charge in [0.25, 0.3) is 0 Å². The average molecular weight is 273 g/mol. The van der Waals surface area contributed by atoms with Gasteiger partial charge in [-0.05, 0) is 24.3 Å². The summed E-state index contributed by atoms with van der Waals surface area (Å²) in [6.45, 7) is 0.650. The number of benzene rings is 1. The van der Waals surface area contributed by atoms with Crippen molar-refractivity contribution in [3.63, 3.8) is 0 Å². The molecule has 2 fully saturated rings. The van der Waals surface area contributed by atoms with Crippen LogP contribution in [0.1, 0.15) is 44.1 Å². The maximum atomic E-state index is 12.3. The van der Waals surface area contributed by atoms with Crippen LogP contribution in [-0.4, -0.2) is 12.5 Å². The van der Waals surface area contributed by atoms with Gasteiger partial charge in [-0.25, -0.2) is 4.79 Å². The van der Waals surface area contributed by atoms with Crippen molar-refractivity contribution in [2.45, 2.75) is 44.9 Å². The Bertz CT molecular complexity index is 453. The summed E-state index contributed by atoms with van der Waals surface area (Å²) in [5.74, 6) is 0.617. The van der Waals surface area contributed by atoms with E-state index >= 15 is 0 Å². The van der Waals surface area contributed by atoms with Crippen molar-refractivity contribution in [2.24, 2.45) is 11.3 Å². The highest BCUT2D eigenvalue weighted by atomic mass is 16.7. The molecule has 2 aliphatic rings. The first kappa shape index (κ1) is 13.6. The molecule has 1 N–H and O–H groups in total. The lowest BCUT2D eigenvalue weighted by Crippen LogP contribution is -2.35. The maximum absolute atomic E-state index is 12.3. The molecule has 3 rings (SSSR count). The molecule has 0 spiro atoms. The van der Waals surface area contributed by atoms with Gasteiger partial charge in [-0.3, -0.25) is 0 Å². The van der Waals surface area contributed by atoms with Gasteiger partial charge < -0.3 is 4.84 Å². The van der Waals surface area contributed by atoms with Crippen LogP contribution >= 0.6 is 0 Å². The second kappa shape index (κ2) is 5.96. The van der Waals surface area contributed by atoms with Crippen LogP contribution in [0.5, 0.6) is 0 Å². The zero-order valence-electron chi connectivity index (χ0n) is 11.9. The molecule has 1 saturated carbocycles. The van der Waals surface area contributed by atoms with Crippen LogP contribution in [0.15, 0.2) is 30.3 Å². The normalized spacial score (nSPS) is 27.5. The molecule has 1 saturated heterocycles. The number of hydroxylamine groups is 1. The molecule has 1 heterocycles. The largest absolute Gasteiger partial charge is 0.370 e. The summed E-state index contributed by atoms with van der Waals surface area (Å²) < 4.78 is 0. The number of hydrogen-bond donors (Lipinski definition) is 1. The van der Waals surface area contributed by atoms with Crippen LogP contribution in [0.3, 0.4) is 0 Å². The number of hydrogen-bond acceptors (Lipinski definition) is 3. The molecule has 1 aromatic carbocycles. The van der Waals surface area contributed by atoms with E-state index in [1.807, 2.05) is 18.2 Å². The molecule has 108 valence electrons. The van der Waals surface area contributed by atoms with E-state index in [0.717, 1.165) is 12.8 Å². The molecular formula is C17H23NO2. The van der Waals surface area contributed by atoms with Gasteiger partial charge in [-0.15, -0.1) is 0 Å². The van der Waals surface area contributed by atoms with Gasteiger partial charge in [0, 0.05) is 6.54 Å². The first-order chi connectivity index (χ1) is 9.78. The minimum Gasteiger partial charge on any atom is -0.370 e. The Morgan fingerprint density at radius 3 is 2.55 bits per heavy atom. The Labute approximate surface area is 120 Å². The smallest absolute Gasteiger partial charge is 0.332 e. The Kier molecular flexibility index (Phi) is 4.06. The third-order valence-electron chi connectivity index (χ3n) is 4.80. The molecule has 1 atom stereocenters. The van der Waals surface area contributed by atoms with Gasteiger partial charge in [0.15, 0.2) is 0 Å². The molecular weight excluding hydrogens is 250 g/mol. The average Bonchev–Trinajstić information content (AvgIpc) is 2.82. The predicted molar refractivity (Wildman–Crippen MR) is 77.9 cm³/mol. The Morgan fingerprint density at radius 1 is 1.15 bits per heavy atom. The molecule has 0 aromatic heterocycles. The topological polar surface area (TPSA) is 38.3 Å². The fraction of sp³-hybridized carbons (Fsp3) is 0.588. The number of nitrogens with one attached hydrogen (secondary N) is 1. The molecule has 1 aromatic rings. The Balaban J connectivity index is 1.76. The Morgan fingerprint density at radius 2 is 1.90 bits per heavy atom. The molecule has 1 aliphatic carbocycles. The molecule has 3 nitrogen and oxygen atoms in total. The number of rotatable bonds is 4. The van der Waals surface area contributed by atoms with Gasteiger partial charge in [0.2, 0.25) is 0 Å². The van der Waals surface area contributed by atoms with E-state index in [9.17, 15) is 4.79 Å². The van der Waals surface area contributed by atoms with Crippen molar-refractivity contribution >= 4 is 5.97 Å². The molecule has 20 heavy (non-hydrogen) atoms. The van der Waals surface area contributed by atoms with Crippen LogP contribution < -0.4 is 5.48 Å². The standard InChI is InChI=1S/C17H23NO2/c19-16-17(13-18-20-16,11-14-7-3-1-4-8-14)12-15-9-5-2-6-10-15/h1,3-4,7-8,15,18H,2,5-6,9-13H2. The van der Waals surface area contributed by atoms with Gasteiger partial charge in [0.05, 0.1) is 5.41 Å². The fourth-order valence-electron chi connectivity index (χ4n) is 3.71.